The molecule has 1 saturated heterocycles. The summed E-state index contributed by atoms with van der Waals surface area (Å²) in [5.41, 5.74) is 3.49. The molecule has 0 spiro atoms. The smallest absolute Gasteiger partial charge is 0.264 e. The van der Waals surface area contributed by atoms with Crippen LogP contribution in [0, 0.1) is 5.82 Å². The number of halogens is 2. The highest BCUT2D eigenvalue weighted by molar-refractivity contribution is 8.18. The molecule has 35 heavy (non-hydrogen) atoms. The molecule has 0 unspecified atom stereocenters. The van der Waals surface area contributed by atoms with E-state index in [0.717, 1.165) is 17.7 Å². The van der Waals surface area contributed by atoms with Crippen molar-refractivity contribution in [1.82, 2.24) is 5.32 Å². The summed E-state index contributed by atoms with van der Waals surface area (Å²) in [6.07, 6.45) is 2.69. The van der Waals surface area contributed by atoms with E-state index in [0.29, 0.717) is 38.8 Å². The molecule has 0 atom stereocenters. The number of nitrogens with one attached hydrogen (secondary N) is 1. The molecule has 4 rings (SSSR count). The highest BCUT2D eigenvalue weighted by Gasteiger charge is 2.24. The number of carbonyl (C=O) groups excluding carboxylic acids is 1. The fourth-order valence-electron chi connectivity index (χ4n) is 3.37. The van der Waals surface area contributed by atoms with Gasteiger partial charge in [0.2, 0.25) is 0 Å². The minimum absolute atomic E-state index is 0.206. The van der Waals surface area contributed by atoms with Crippen molar-refractivity contribution in [1.29, 1.82) is 0 Å². The van der Waals surface area contributed by atoms with Gasteiger partial charge in [-0.05, 0) is 84.3 Å². The zero-order valence-corrected chi connectivity index (χ0v) is 20.9. The van der Waals surface area contributed by atoms with Crippen LogP contribution in [0.5, 0.6) is 11.5 Å². The summed E-state index contributed by atoms with van der Waals surface area (Å²) >= 11 is 7.78. The Labute approximate surface area is 213 Å². The van der Waals surface area contributed by atoms with Crippen LogP contribution in [0.4, 0.5) is 10.1 Å². The number of ether oxygens (including phenoxy) is 2. The second kappa shape index (κ2) is 11.4. The number of thioether (sulfide) groups is 1. The number of hydrogen-bond donors (Lipinski definition) is 1. The maximum absolute atomic E-state index is 13.2. The summed E-state index contributed by atoms with van der Waals surface area (Å²) < 4.78 is 24.8. The predicted octanol–water partition coefficient (Wildman–Crippen LogP) is 6.91. The monoisotopic (exact) mass is 510 g/mol. The highest BCUT2D eigenvalue weighted by atomic mass is 35.5. The van der Waals surface area contributed by atoms with Crippen molar-refractivity contribution >= 4 is 46.2 Å². The van der Waals surface area contributed by atoms with E-state index in [1.54, 1.807) is 30.3 Å². The first kappa shape index (κ1) is 24.8. The Morgan fingerprint density at radius 2 is 1.74 bits per heavy atom. The van der Waals surface area contributed by atoms with Gasteiger partial charge in [-0.15, -0.1) is 0 Å². The van der Waals surface area contributed by atoms with E-state index in [-0.39, 0.29) is 18.3 Å². The van der Waals surface area contributed by atoms with Crippen LogP contribution in [0.15, 0.2) is 70.6 Å². The molecule has 0 aliphatic carbocycles. The first-order valence-corrected chi connectivity index (χ1v) is 12.4. The second-order valence-electron chi connectivity index (χ2n) is 7.68. The van der Waals surface area contributed by atoms with Crippen LogP contribution in [0.3, 0.4) is 0 Å². The third kappa shape index (κ3) is 6.44. The lowest BCUT2D eigenvalue weighted by molar-refractivity contribution is -0.115. The van der Waals surface area contributed by atoms with Gasteiger partial charge in [-0.1, -0.05) is 42.8 Å². The Kier molecular flexibility index (Phi) is 8.10. The average Bonchev–Trinajstić information content (AvgIpc) is 3.18. The molecular weight excluding hydrogens is 487 g/mol. The van der Waals surface area contributed by atoms with E-state index in [9.17, 15) is 9.18 Å². The van der Waals surface area contributed by atoms with Crippen molar-refractivity contribution in [2.45, 2.75) is 26.9 Å². The number of carbonyl (C=O) groups is 1. The summed E-state index contributed by atoms with van der Waals surface area (Å²) in [5, 5.41) is 3.66. The molecule has 1 N–H and O–H groups in total. The predicted molar refractivity (Wildman–Crippen MR) is 140 cm³/mol. The number of aryl methyl sites for hydroxylation is 1. The Bertz CT molecular complexity index is 1270. The van der Waals surface area contributed by atoms with Gasteiger partial charge in [-0.25, -0.2) is 9.38 Å². The van der Waals surface area contributed by atoms with E-state index in [1.165, 1.54) is 29.5 Å². The minimum Gasteiger partial charge on any atom is -0.490 e. The van der Waals surface area contributed by atoms with E-state index >= 15 is 0 Å². The Morgan fingerprint density at radius 1 is 1.03 bits per heavy atom. The first-order chi connectivity index (χ1) is 16.9. The largest absolute Gasteiger partial charge is 0.490 e. The lowest BCUT2D eigenvalue weighted by Crippen LogP contribution is -2.19. The zero-order valence-electron chi connectivity index (χ0n) is 19.3. The molecule has 3 aromatic carbocycles. The third-order valence-corrected chi connectivity index (χ3v) is 6.34. The molecule has 0 saturated carbocycles. The summed E-state index contributed by atoms with van der Waals surface area (Å²) in [6.45, 7) is 4.57. The van der Waals surface area contributed by atoms with E-state index in [4.69, 9.17) is 21.1 Å². The molecule has 1 fully saturated rings. The van der Waals surface area contributed by atoms with Gasteiger partial charge in [0, 0.05) is 0 Å². The van der Waals surface area contributed by atoms with Crippen molar-refractivity contribution in [2.24, 2.45) is 4.99 Å². The van der Waals surface area contributed by atoms with Gasteiger partial charge in [0.25, 0.3) is 5.91 Å². The molecule has 0 aromatic heterocycles. The van der Waals surface area contributed by atoms with Crippen molar-refractivity contribution in [3.63, 3.8) is 0 Å². The normalized spacial score (nSPS) is 15.5. The maximum Gasteiger partial charge on any atom is 0.264 e. The number of benzene rings is 3. The van der Waals surface area contributed by atoms with Crippen molar-refractivity contribution < 1.29 is 18.7 Å². The number of hydrogen-bond acceptors (Lipinski definition) is 5. The minimum atomic E-state index is -0.310. The first-order valence-electron chi connectivity index (χ1n) is 11.2. The maximum atomic E-state index is 13.2. The molecule has 180 valence electrons. The van der Waals surface area contributed by atoms with Crippen molar-refractivity contribution in [3.8, 4) is 11.5 Å². The second-order valence-corrected chi connectivity index (χ2v) is 9.12. The number of nitrogens with zero attached hydrogens (tertiary/aromatic N) is 1. The molecule has 5 nitrogen and oxygen atoms in total. The average molecular weight is 511 g/mol. The summed E-state index contributed by atoms with van der Waals surface area (Å²) in [4.78, 5) is 17.5. The van der Waals surface area contributed by atoms with Crippen LogP contribution >= 0.6 is 23.4 Å². The zero-order chi connectivity index (χ0) is 24.8. The van der Waals surface area contributed by atoms with E-state index in [2.05, 4.69) is 17.2 Å². The van der Waals surface area contributed by atoms with Crippen LogP contribution in [0.1, 0.15) is 30.5 Å². The standard InChI is InChI=1S/C27H24ClFN2O3S/c1-3-17-7-11-21(12-8-17)30-27-31-26(32)24(35-27)15-19-13-22(28)25(23(14-19)33-4-2)34-16-18-5-9-20(29)10-6-18/h5-15H,3-4,16H2,1-2H3,(H,30,31,32)/b24-15-. The topological polar surface area (TPSA) is 59.9 Å². The van der Waals surface area contributed by atoms with Gasteiger partial charge >= 0.3 is 0 Å². The Balaban J connectivity index is 1.53. The molecule has 1 aliphatic heterocycles. The molecule has 1 heterocycles. The molecule has 1 amide bonds. The van der Waals surface area contributed by atoms with Crippen LogP contribution in [-0.4, -0.2) is 17.7 Å². The van der Waals surface area contributed by atoms with Crippen molar-refractivity contribution in [3.05, 3.63) is 93.1 Å². The fourth-order valence-corrected chi connectivity index (χ4v) is 4.48. The number of amidine groups is 1. The lowest BCUT2D eigenvalue weighted by atomic mass is 10.1. The summed E-state index contributed by atoms with van der Waals surface area (Å²) in [7, 11) is 0. The molecule has 1 aliphatic rings. The Hall–Kier alpha value is -3.29. The SMILES string of the molecule is CCOc1cc(/C=C2\SC(=Nc3ccc(CC)cc3)NC2=O)cc(Cl)c1OCc1ccc(F)cc1. The van der Waals surface area contributed by atoms with Gasteiger partial charge in [-0.3, -0.25) is 4.79 Å². The van der Waals surface area contributed by atoms with Crippen LogP contribution < -0.4 is 14.8 Å². The highest BCUT2D eigenvalue weighted by Crippen LogP contribution is 2.39. The Morgan fingerprint density at radius 3 is 2.43 bits per heavy atom. The molecule has 0 radical (unpaired) electrons. The molecule has 8 heteroatoms. The van der Waals surface area contributed by atoms with Gasteiger partial charge in [-0.2, -0.15) is 0 Å². The molecule has 0 bridgehead atoms. The van der Waals surface area contributed by atoms with Gasteiger partial charge in [0.05, 0.1) is 22.2 Å². The van der Waals surface area contributed by atoms with Crippen LogP contribution in [-0.2, 0) is 17.8 Å². The summed E-state index contributed by atoms with van der Waals surface area (Å²) in [6, 6.07) is 17.4. The van der Waals surface area contributed by atoms with Gasteiger partial charge in [0.1, 0.15) is 12.4 Å². The van der Waals surface area contributed by atoms with Crippen LogP contribution in [0.2, 0.25) is 5.02 Å². The number of amides is 1. The third-order valence-electron chi connectivity index (χ3n) is 5.15. The number of aliphatic imine (C=N–C) groups is 1. The van der Waals surface area contributed by atoms with Gasteiger partial charge < -0.3 is 14.8 Å². The number of rotatable bonds is 8. The molecule has 3 aromatic rings. The van der Waals surface area contributed by atoms with E-state index < -0.39 is 0 Å². The lowest BCUT2D eigenvalue weighted by Gasteiger charge is -2.14. The van der Waals surface area contributed by atoms with Crippen molar-refractivity contribution in [2.75, 3.05) is 6.61 Å². The quantitative estimate of drug-likeness (QED) is 0.334. The summed E-state index contributed by atoms with van der Waals surface area (Å²) in [5.74, 6) is 0.309. The van der Waals surface area contributed by atoms with Crippen LogP contribution in [0.25, 0.3) is 6.08 Å². The molecular formula is C27H24ClFN2O3S. The van der Waals surface area contributed by atoms with E-state index in [1.807, 2.05) is 31.2 Å². The fraction of sp³-hybridized carbons (Fsp3) is 0.185. The van der Waals surface area contributed by atoms with Gasteiger partial charge in [0.15, 0.2) is 16.7 Å².